The molecule has 0 bridgehead atoms. The second-order valence-corrected chi connectivity index (χ2v) is 5.48. The number of aromatic hydroxyl groups is 1. The third-order valence-corrected chi connectivity index (χ3v) is 4.15. The predicted octanol–water partition coefficient (Wildman–Crippen LogP) is 3.74. The van der Waals surface area contributed by atoms with E-state index in [2.05, 4.69) is 0 Å². The molecule has 0 radical (unpaired) electrons. The molecule has 1 saturated heterocycles. The van der Waals surface area contributed by atoms with Gasteiger partial charge in [0.25, 0.3) is 0 Å². The topological polar surface area (TPSA) is 32.7 Å². The zero-order chi connectivity index (χ0) is 15.6. The van der Waals surface area contributed by atoms with Crippen molar-refractivity contribution in [3.63, 3.8) is 0 Å². The molecule has 6 heteroatoms. The summed E-state index contributed by atoms with van der Waals surface area (Å²) in [6.07, 6.45) is -3.45. The second kappa shape index (κ2) is 6.13. The number of piperidine rings is 1. The highest BCUT2D eigenvalue weighted by Crippen LogP contribution is 2.38. The van der Waals surface area contributed by atoms with Gasteiger partial charge in [-0.25, -0.2) is 0 Å². The fourth-order valence-corrected chi connectivity index (χ4v) is 2.83. The van der Waals surface area contributed by atoms with Gasteiger partial charge in [-0.1, -0.05) is 6.07 Å². The minimum absolute atomic E-state index is 0.0177. The Kier molecular flexibility index (Phi) is 4.66. The first-order valence-electron chi connectivity index (χ1n) is 7.00. The summed E-state index contributed by atoms with van der Waals surface area (Å²) in [5.41, 5.74) is 0.624. The van der Waals surface area contributed by atoms with Gasteiger partial charge in [0.15, 0.2) is 0 Å². The van der Waals surface area contributed by atoms with E-state index in [4.69, 9.17) is 4.74 Å². The lowest BCUT2D eigenvalue weighted by Crippen LogP contribution is -2.42. The molecule has 1 aliphatic rings. The largest absolute Gasteiger partial charge is 0.507 e. The molecule has 3 nitrogen and oxygen atoms in total. The predicted molar refractivity (Wildman–Crippen MR) is 73.4 cm³/mol. The molecule has 1 N–H and O–H groups in total. The van der Waals surface area contributed by atoms with Crippen LogP contribution in [-0.4, -0.2) is 36.4 Å². The number of phenolic OH excluding ortho intramolecular Hbond substituents is 1. The number of hydrogen-bond donors (Lipinski definition) is 1. The van der Waals surface area contributed by atoms with Crippen LogP contribution < -0.4 is 4.74 Å². The molecule has 0 spiro atoms. The van der Waals surface area contributed by atoms with E-state index in [1.54, 1.807) is 17.0 Å². The molecule has 1 fully saturated rings. The molecule has 118 valence electrons. The minimum atomic E-state index is -4.15. The molecule has 1 heterocycles. The van der Waals surface area contributed by atoms with Crippen LogP contribution in [0.5, 0.6) is 11.5 Å². The number of phenols is 1. The van der Waals surface area contributed by atoms with Crippen LogP contribution in [0.15, 0.2) is 18.2 Å². The standard InChI is InChI=1S/C15H20F3NO2/c1-10(13-6-5-12(21-2)8-14(13)20)19-7-3-4-11(9-19)15(16,17)18/h5-6,8,10-11,20H,3-4,7,9H2,1-2H3. The van der Waals surface area contributed by atoms with E-state index in [9.17, 15) is 18.3 Å². The number of nitrogens with zero attached hydrogens (tertiary/aromatic N) is 1. The first-order chi connectivity index (χ1) is 9.82. The van der Waals surface area contributed by atoms with E-state index >= 15 is 0 Å². The molecule has 0 amide bonds. The number of rotatable bonds is 3. The fourth-order valence-electron chi connectivity index (χ4n) is 2.83. The van der Waals surface area contributed by atoms with Gasteiger partial charge in [0.1, 0.15) is 11.5 Å². The van der Waals surface area contributed by atoms with Gasteiger partial charge in [-0.2, -0.15) is 13.2 Å². The molecule has 0 aliphatic carbocycles. The highest BCUT2D eigenvalue weighted by atomic mass is 19.4. The number of ether oxygens (including phenoxy) is 1. The van der Waals surface area contributed by atoms with Crippen LogP contribution in [0.4, 0.5) is 13.2 Å². The fraction of sp³-hybridized carbons (Fsp3) is 0.600. The van der Waals surface area contributed by atoms with Gasteiger partial charge in [0.05, 0.1) is 13.0 Å². The number of halogens is 3. The quantitative estimate of drug-likeness (QED) is 0.923. The van der Waals surface area contributed by atoms with Crippen molar-refractivity contribution >= 4 is 0 Å². The van der Waals surface area contributed by atoms with E-state index in [-0.39, 0.29) is 24.8 Å². The Morgan fingerprint density at radius 2 is 2.10 bits per heavy atom. The van der Waals surface area contributed by atoms with E-state index < -0.39 is 12.1 Å². The summed E-state index contributed by atoms with van der Waals surface area (Å²) in [5, 5.41) is 10.0. The van der Waals surface area contributed by atoms with E-state index in [1.165, 1.54) is 13.2 Å². The zero-order valence-corrected chi connectivity index (χ0v) is 12.2. The molecule has 0 aromatic heterocycles. The van der Waals surface area contributed by atoms with Crippen molar-refractivity contribution < 1.29 is 23.0 Å². The molecule has 21 heavy (non-hydrogen) atoms. The monoisotopic (exact) mass is 303 g/mol. The van der Waals surface area contributed by atoms with Crippen molar-refractivity contribution in [1.29, 1.82) is 0 Å². The van der Waals surface area contributed by atoms with Crippen molar-refractivity contribution in [1.82, 2.24) is 4.90 Å². The Morgan fingerprint density at radius 1 is 1.38 bits per heavy atom. The molecule has 1 aromatic carbocycles. The smallest absolute Gasteiger partial charge is 0.393 e. The van der Waals surface area contributed by atoms with Crippen LogP contribution in [0.3, 0.4) is 0 Å². The van der Waals surface area contributed by atoms with Crippen LogP contribution in [0.1, 0.15) is 31.4 Å². The summed E-state index contributed by atoms with van der Waals surface area (Å²) < 4.78 is 43.6. The first kappa shape index (κ1) is 15.9. The summed E-state index contributed by atoms with van der Waals surface area (Å²) >= 11 is 0. The summed E-state index contributed by atoms with van der Waals surface area (Å²) in [5.74, 6) is -0.708. The van der Waals surface area contributed by atoms with Crippen LogP contribution >= 0.6 is 0 Å². The normalized spacial score (nSPS) is 22.0. The number of hydrogen-bond acceptors (Lipinski definition) is 3. The van der Waals surface area contributed by atoms with Crippen molar-refractivity contribution in [3.05, 3.63) is 23.8 Å². The number of methoxy groups -OCH3 is 1. The number of likely N-dealkylation sites (tertiary alicyclic amines) is 1. The van der Waals surface area contributed by atoms with Gasteiger partial charge in [-0.15, -0.1) is 0 Å². The Hall–Kier alpha value is -1.43. The van der Waals surface area contributed by atoms with Gasteiger partial charge < -0.3 is 9.84 Å². The Morgan fingerprint density at radius 3 is 2.67 bits per heavy atom. The maximum Gasteiger partial charge on any atom is 0.393 e. The summed E-state index contributed by atoms with van der Waals surface area (Å²) in [4.78, 5) is 1.78. The lowest BCUT2D eigenvalue weighted by molar-refractivity contribution is -0.188. The summed E-state index contributed by atoms with van der Waals surface area (Å²) in [7, 11) is 1.50. The van der Waals surface area contributed by atoms with Crippen LogP contribution in [-0.2, 0) is 0 Å². The highest BCUT2D eigenvalue weighted by molar-refractivity contribution is 5.41. The average molecular weight is 303 g/mol. The molecule has 2 rings (SSSR count). The van der Waals surface area contributed by atoms with Gasteiger partial charge in [-0.3, -0.25) is 4.90 Å². The third-order valence-electron chi connectivity index (χ3n) is 4.15. The SMILES string of the molecule is COc1ccc(C(C)N2CCCC(C(F)(F)F)C2)c(O)c1. The molecule has 1 aliphatic heterocycles. The Balaban J connectivity index is 2.14. The molecular formula is C15H20F3NO2. The maximum absolute atomic E-state index is 12.9. The van der Waals surface area contributed by atoms with E-state index in [1.807, 2.05) is 6.92 Å². The van der Waals surface area contributed by atoms with E-state index in [0.717, 1.165) is 0 Å². The lowest BCUT2D eigenvalue weighted by Gasteiger charge is -2.37. The van der Waals surface area contributed by atoms with Crippen molar-refractivity contribution in [2.24, 2.45) is 5.92 Å². The van der Waals surface area contributed by atoms with Crippen molar-refractivity contribution in [2.75, 3.05) is 20.2 Å². The van der Waals surface area contributed by atoms with Gasteiger partial charge >= 0.3 is 6.18 Å². The van der Waals surface area contributed by atoms with Gasteiger partial charge in [-0.05, 0) is 32.4 Å². The molecule has 1 aromatic rings. The minimum Gasteiger partial charge on any atom is -0.507 e. The highest BCUT2D eigenvalue weighted by Gasteiger charge is 2.42. The summed E-state index contributed by atoms with van der Waals surface area (Å²) in [6.45, 7) is 2.41. The zero-order valence-electron chi connectivity index (χ0n) is 12.2. The van der Waals surface area contributed by atoms with Gasteiger partial charge in [0.2, 0.25) is 0 Å². The van der Waals surface area contributed by atoms with Crippen molar-refractivity contribution in [3.8, 4) is 11.5 Å². The lowest BCUT2D eigenvalue weighted by atomic mass is 9.94. The molecule has 2 unspecified atom stereocenters. The van der Waals surface area contributed by atoms with Crippen LogP contribution in [0.25, 0.3) is 0 Å². The molecule has 2 atom stereocenters. The molecular weight excluding hydrogens is 283 g/mol. The number of benzene rings is 1. The van der Waals surface area contributed by atoms with Crippen LogP contribution in [0.2, 0.25) is 0 Å². The van der Waals surface area contributed by atoms with Gasteiger partial charge in [0, 0.05) is 24.2 Å². The first-order valence-corrected chi connectivity index (χ1v) is 7.00. The molecule has 0 saturated carbocycles. The van der Waals surface area contributed by atoms with Crippen molar-refractivity contribution in [2.45, 2.75) is 32.0 Å². The second-order valence-electron chi connectivity index (χ2n) is 5.48. The van der Waals surface area contributed by atoms with E-state index in [0.29, 0.717) is 24.3 Å². The van der Waals surface area contributed by atoms with Crippen LogP contribution in [0, 0.1) is 5.92 Å². The summed E-state index contributed by atoms with van der Waals surface area (Å²) in [6, 6.07) is 4.63. The average Bonchev–Trinajstić information content (AvgIpc) is 2.45. The maximum atomic E-state index is 12.9. The number of alkyl halides is 3. The Labute approximate surface area is 122 Å². The third kappa shape index (κ3) is 3.61. The Bertz CT molecular complexity index is 490.